The largest absolute Gasteiger partial charge is 0.789 e. The maximum absolute atomic E-state index is 8.97. The first-order valence-electron chi connectivity index (χ1n) is 16.2. The van der Waals surface area contributed by atoms with Gasteiger partial charge in [0.25, 0.3) is 0 Å². The van der Waals surface area contributed by atoms with Gasteiger partial charge in [-0.1, -0.05) is 5.87 Å². The van der Waals surface area contributed by atoms with Crippen molar-refractivity contribution in [1.82, 2.24) is 0 Å². The van der Waals surface area contributed by atoms with E-state index in [2.05, 4.69) is 5.87 Å². The van der Waals surface area contributed by atoms with Crippen LogP contribution < -0.4 is 32.3 Å². The number of hydrogen-bond donors (Lipinski definition) is 11. The molecular formula is C25H65N6O20S3-3. The number of aliphatic hydroxyl groups is 5. The van der Waals surface area contributed by atoms with Gasteiger partial charge < -0.3 is 104 Å². The molecule has 2 heterocycles. The summed E-state index contributed by atoms with van der Waals surface area (Å²) >= 11 is 0. The lowest BCUT2D eigenvalue weighted by Crippen LogP contribution is -3.14. The Kier molecular flexibility index (Phi) is 60.3. The Hall–Kier alpha value is -0.920. The first-order valence-corrected chi connectivity index (χ1v) is 20.4. The SMILES string of the molecule is C=S(=O)([O-])[O-].NCCOCCO.NCCOCCO.NCC[NH2+]CCO.O=S(=O)([O-])[O-].O=S(=O)([O-])[O-].OCC[NH+]1CCOCC1.OCC[NH+]1CCOCC1. The van der Waals surface area contributed by atoms with Gasteiger partial charge in [-0.3, -0.25) is 21.0 Å². The van der Waals surface area contributed by atoms with Gasteiger partial charge in [-0.2, -0.15) is 10.1 Å². The van der Waals surface area contributed by atoms with Crippen LogP contribution >= 0.6 is 0 Å². The molecule has 336 valence electrons. The molecule has 0 aromatic carbocycles. The van der Waals surface area contributed by atoms with Crippen LogP contribution in [0.3, 0.4) is 0 Å². The van der Waals surface area contributed by atoms with Crippen molar-refractivity contribution < 1.29 is 108 Å². The standard InChI is InChI=1S/2C6H13NO2.C4H12N2O.2C4H11NO2.CH4O3S.2H2O4S/c2*8-4-1-7-2-5-9-6-3-7;5-1-2-6-3-4-7;2*5-1-3-7-4-2-6;3*1-5(2,3)4/h2*8H,1-6H2;6-7H,1-5H2;2*6H,1-5H2;1H2,(H2,2,3,4);2*(H2,1,2,3,4)/p-3. The topological polar surface area (TPSA) is 465 Å². The zero-order chi connectivity index (χ0) is 43.2. The van der Waals surface area contributed by atoms with Crippen molar-refractivity contribution in [2.24, 2.45) is 17.2 Å². The van der Waals surface area contributed by atoms with Gasteiger partial charge in [0, 0.05) is 40.4 Å². The van der Waals surface area contributed by atoms with Gasteiger partial charge in [0.05, 0.1) is 99.0 Å². The van der Waals surface area contributed by atoms with E-state index in [-0.39, 0.29) is 19.8 Å². The van der Waals surface area contributed by atoms with E-state index >= 15 is 0 Å². The molecule has 2 rings (SSSR count). The fourth-order valence-corrected chi connectivity index (χ4v) is 2.99. The Bertz CT molecular complexity index is 853. The molecule has 2 aliphatic rings. The predicted octanol–water partition coefficient (Wildman–Crippen LogP) is -12.5. The molecule has 26 nitrogen and oxygen atoms in total. The van der Waals surface area contributed by atoms with Crippen molar-refractivity contribution in [3.63, 3.8) is 0 Å². The second-order valence-corrected chi connectivity index (χ2v) is 12.4. The van der Waals surface area contributed by atoms with Gasteiger partial charge in [-0.25, -0.2) is 0 Å². The highest BCUT2D eigenvalue weighted by atomic mass is 32.3. The minimum absolute atomic E-state index is 0.0833. The Morgan fingerprint density at radius 3 is 1.06 bits per heavy atom. The van der Waals surface area contributed by atoms with E-state index in [1.54, 1.807) is 0 Å². The van der Waals surface area contributed by atoms with Crippen LogP contribution in [0.1, 0.15) is 0 Å². The van der Waals surface area contributed by atoms with Crippen LogP contribution in [0.2, 0.25) is 0 Å². The highest BCUT2D eigenvalue weighted by Gasteiger charge is 2.12. The molecule has 0 aromatic rings. The molecule has 0 unspecified atom stereocenters. The van der Waals surface area contributed by atoms with E-state index in [4.69, 9.17) is 110 Å². The summed E-state index contributed by atoms with van der Waals surface area (Å²) < 4.78 is 115. The molecule has 0 amide bonds. The van der Waals surface area contributed by atoms with Gasteiger partial charge in [0.1, 0.15) is 39.3 Å². The number of nitrogens with two attached hydrogens (primary N) is 4. The van der Waals surface area contributed by atoms with E-state index in [0.717, 1.165) is 78.8 Å². The van der Waals surface area contributed by atoms with Crippen molar-refractivity contribution in [3.05, 3.63) is 0 Å². The lowest BCUT2D eigenvalue weighted by atomic mass is 10.4. The van der Waals surface area contributed by atoms with Crippen LogP contribution in [0.25, 0.3) is 0 Å². The summed E-state index contributed by atoms with van der Waals surface area (Å²) in [5.74, 6) is 2.19. The van der Waals surface area contributed by atoms with Crippen molar-refractivity contribution in [2.45, 2.75) is 0 Å². The Labute approximate surface area is 319 Å². The average molecular weight is 866 g/mol. The molecule has 0 atom stereocenters. The Morgan fingerprint density at radius 1 is 0.556 bits per heavy atom. The fourth-order valence-electron chi connectivity index (χ4n) is 2.99. The van der Waals surface area contributed by atoms with Crippen molar-refractivity contribution in [2.75, 3.05) is 158 Å². The van der Waals surface area contributed by atoms with Gasteiger partial charge in [0.15, 0.2) is 0 Å². The van der Waals surface area contributed by atoms with E-state index in [1.165, 1.54) is 9.80 Å². The number of ether oxygens (including phenoxy) is 4. The number of hydrogen-bond acceptors (Lipinski definition) is 23. The minimum Gasteiger partial charge on any atom is -0.789 e. The normalized spacial score (nSPS) is 14.3. The second kappa shape index (κ2) is 50.1. The van der Waals surface area contributed by atoms with Gasteiger partial charge in [0.2, 0.25) is 0 Å². The number of aliphatic hydroxyl groups excluding tert-OH is 5. The van der Waals surface area contributed by atoms with Crippen LogP contribution in [0.4, 0.5) is 0 Å². The second-order valence-electron chi connectivity index (χ2n) is 9.67. The third-order valence-electron chi connectivity index (χ3n) is 5.03. The maximum atomic E-state index is 8.97. The minimum atomic E-state index is -5.17. The predicted molar refractivity (Wildman–Crippen MR) is 186 cm³/mol. The number of nitrogens with one attached hydrogen (secondary N) is 2. The zero-order valence-electron chi connectivity index (χ0n) is 30.6. The number of morpholine rings is 2. The van der Waals surface area contributed by atoms with E-state index in [0.29, 0.717) is 59.3 Å². The van der Waals surface area contributed by atoms with Crippen LogP contribution in [-0.2, 0) is 49.8 Å². The number of rotatable bonds is 16. The highest BCUT2D eigenvalue weighted by Crippen LogP contribution is 1.74. The molecule has 0 aliphatic carbocycles. The summed E-state index contributed by atoms with van der Waals surface area (Å²) in [5, 5.41) is 43.6. The van der Waals surface area contributed by atoms with Crippen molar-refractivity contribution in [1.29, 1.82) is 0 Å². The van der Waals surface area contributed by atoms with Gasteiger partial charge in [-0.05, 0) is 0 Å². The van der Waals surface area contributed by atoms with E-state index in [9.17, 15) is 0 Å². The summed E-state index contributed by atoms with van der Waals surface area (Å²) in [6, 6.07) is 0. The summed E-state index contributed by atoms with van der Waals surface area (Å²) in [7, 11) is -14.5. The number of quaternary nitrogens is 3. The quantitative estimate of drug-likeness (QED) is 0.0297. The van der Waals surface area contributed by atoms with Crippen LogP contribution in [-0.4, -0.2) is 238 Å². The molecular weight excluding hydrogens is 800 g/mol. The summed E-state index contributed by atoms with van der Waals surface area (Å²) in [4.78, 5) is 2.92. The van der Waals surface area contributed by atoms with E-state index in [1.807, 2.05) is 5.32 Å². The third kappa shape index (κ3) is 117. The lowest BCUT2D eigenvalue weighted by molar-refractivity contribution is -0.908. The third-order valence-corrected chi connectivity index (χ3v) is 5.03. The molecule has 15 N–H and O–H groups in total. The summed E-state index contributed by atoms with van der Waals surface area (Å²) in [6.07, 6.45) is 0. The van der Waals surface area contributed by atoms with Crippen molar-refractivity contribution in [3.8, 4) is 0 Å². The molecule has 0 aromatic heterocycles. The first-order chi connectivity index (χ1) is 25.1. The average Bonchev–Trinajstić information content (AvgIpc) is 3.06. The van der Waals surface area contributed by atoms with Gasteiger partial charge in [-0.15, -0.1) is 0 Å². The first kappa shape index (κ1) is 65.0. The van der Waals surface area contributed by atoms with E-state index < -0.39 is 30.9 Å². The lowest BCUT2D eigenvalue weighted by Gasteiger charge is -2.22. The molecule has 2 aliphatic heterocycles. The van der Waals surface area contributed by atoms with Crippen LogP contribution in [0.5, 0.6) is 0 Å². The van der Waals surface area contributed by atoms with Gasteiger partial charge >= 0.3 is 0 Å². The summed E-state index contributed by atoms with van der Waals surface area (Å²) in [5.41, 5.74) is 15.3. The van der Waals surface area contributed by atoms with Crippen LogP contribution in [0, 0.1) is 0 Å². The smallest absolute Gasteiger partial charge is 0.101 e. The monoisotopic (exact) mass is 865 g/mol. The van der Waals surface area contributed by atoms with Crippen LogP contribution in [0.15, 0.2) is 0 Å². The molecule has 0 bridgehead atoms. The molecule has 2 fully saturated rings. The summed E-state index contributed by atoms with van der Waals surface area (Å²) in [6.45, 7) is 15.8. The zero-order valence-corrected chi connectivity index (χ0v) is 33.0. The van der Waals surface area contributed by atoms with Crippen molar-refractivity contribution >= 4 is 36.8 Å². The molecule has 54 heavy (non-hydrogen) atoms. The molecule has 2 saturated heterocycles. The fraction of sp³-hybridized carbons (Fsp3) is 0.960. The molecule has 0 saturated carbocycles. The molecule has 0 spiro atoms. The highest BCUT2D eigenvalue weighted by molar-refractivity contribution is 7.89. The molecule has 29 heteroatoms. The maximum Gasteiger partial charge on any atom is 0.101 e. The Morgan fingerprint density at radius 2 is 0.852 bits per heavy atom. The Balaban J connectivity index is -0.000000123. The molecule has 0 radical (unpaired) electrons.